The summed E-state index contributed by atoms with van der Waals surface area (Å²) in [4.78, 5) is 2.83. The molecule has 110 valence electrons. The summed E-state index contributed by atoms with van der Waals surface area (Å²) in [5.41, 5.74) is 0. The molecule has 3 fully saturated rings. The molecule has 1 aliphatic heterocycles. The fourth-order valence-corrected chi connectivity index (χ4v) is 4.68. The van der Waals surface area contributed by atoms with E-state index in [1.54, 1.807) is 0 Å². The van der Waals surface area contributed by atoms with Crippen LogP contribution in [0, 0.1) is 5.92 Å². The Morgan fingerprint density at radius 1 is 0.789 bits per heavy atom. The van der Waals surface area contributed by atoms with E-state index in [-0.39, 0.29) is 0 Å². The average Bonchev–Trinajstić information content (AvgIpc) is 2.92. The molecule has 2 heteroatoms. The number of likely N-dealkylation sites (tertiary alicyclic amines) is 1. The first-order chi connectivity index (χ1) is 9.31. The summed E-state index contributed by atoms with van der Waals surface area (Å²) >= 11 is 0. The van der Waals surface area contributed by atoms with Crippen LogP contribution in [0.3, 0.4) is 0 Å². The van der Waals surface area contributed by atoms with Crippen LogP contribution in [0.5, 0.6) is 0 Å². The molecule has 1 heterocycles. The Bertz CT molecular complexity index is 266. The van der Waals surface area contributed by atoms with Crippen LogP contribution < -0.4 is 5.32 Å². The lowest BCUT2D eigenvalue weighted by atomic mass is 9.89. The van der Waals surface area contributed by atoms with Crippen molar-refractivity contribution in [3.63, 3.8) is 0 Å². The van der Waals surface area contributed by atoms with Crippen LogP contribution in [0.1, 0.15) is 71.1 Å². The second-order valence-corrected chi connectivity index (χ2v) is 7.43. The highest BCUT2D eigenvalue weighted by atomic mass is 15.2. The maximum absolute atomic E-state index is 3.98. The van der Waals surface area contributed by atoms with Crippen LogP contribution >= 0.6 is 0 Å². The third kappa shape index (κ3) is 3.72. The molecule has 2 atom stereocenters. The first-order valence-corrected chi connectivity index (χ1v) is 8.81. The number of rotatable bonds is 3. The number of hydrogen-bond donors (Lipinski definition) is 1. The van der Waals surface area contributed by atoms with Gasteiger partial charge in [-0.1, -0.05) is 39.0 Å². The van der Waals surface area contributed by atoms with Gasteiger partial charge in [-0.05, 0) is 38.0 Å². The van der Waals surface area contributed by atoms with E-state index in [9.17, 15) is 0 Å². The maximum Gasteiger partial charge on any atom is 0.0200 e. The second-order valence-electron chi connectivity index (χ2n) is 7.43. The summed E-state index contributed by atoms with van der Waals surface area (Å²) in [6.45, 7) is 5.14. The number of hydrogen-bond acceptors (Lipinski definition) is 2. The first-order valence-electron chi connectivity index (χ1n) is 8.81. The van der Waals surface area contributed by atoms with Gasteiger partial charge in [-0.2, -0.15) is 0 Å². The van der Waals surface area contributed by atoms with Crippen LogP contribution in [0.25, 0.3) is 0 Å². The topological polar surface area (TPSA) is 15.3 Å². The van der Waals surface area contributed by atoms with Gasteiger partial charge in [-0.15, -0.1) is 0 Å². The Balaban J connectivity index is 1.53. The molecule has 2 aliphatic carbocycles. The summed E-state index contributed by atoms with van der Waals surface area (Å²) in [5.74, 6) is 0.884. The zero-order chi connectivity index (χ0) is 13.1. The molecule has 0 bridgehead atoms. The quantitative estimate of drug-likeness (QED) is 0.838. The summed E-state index contributed by atoms with van der Waals surface area (Å²) in [6.07, 6.45) is 14.5. The van der Waals surface area contributed by atoms with E-state index >= 15 is 0 Å². The van der Waals surface area contributed by atoms with Crippen molar-refractivity contribution in [2.45, 2.75) is 89.3 Å². The van der Waals surface area contributed by atoms with Gasteiger partial charge in [-0.3, -0.25) is 4.90 Å². The maximum atomic E-state index is 3.98. The van der Waals surface area contributed by atoms with E-state index < -0.39 is 0 Å². The van der Waals surface area contributed by atoms with Gasteiger partial charge in [0.25, 0.3) is 0 Å². The third-order valence-corrected chi connectivity index (χ3v) is 5.61. The molecule has 2 nitrogen and oxygen atoms in total. The van der Waals surface area contributed by atoms with Crippen molar-refractivity contribution >= 4 is 0 Å². The molecule has 19 heavy (non-hydrogen) atoms. The van der Waals surface area contributed by atoms with E-state index in [1.807, 2.05) is 0 Å². The van der Waals surface area contributed by atoms with Gasteiger partial charge >= 0.3 is 0 Å². The Morgan fingerprint density at radius 2 is 1.47 bits per heavy atom. The molecule has 1 saturated heterocycles. The lowest BCUT2D eigenvalue weighted by molar-refractivity contribution is 0.0796. The molecule has 0 aromatic rings. The number of piperidine rings is 1. The van der Waals surface area contributed by atoms with E-state index in [0.29, 0.717) is 0 Å². The minimum absolute atomic E-state index is 0.772. The zero-order valence-corrected chi connectivity index (χ0v) is 12.7. The lowest BCUT2D eigenvalue weighted by Gasteiger charge is -2.43. The Morgan fingerprint density at radius 3 is 2.21 bits per heavy atom. The molecule has 3 aliphatic rings. The summed E-state index contributed by atoms with van der Waals surface area (Å²) in [6, 6.07) is 2.52. The molecule has 0 spiro atoms. The van der Waals surface area contributed by atoms with Crippen molar-refractivity contribution in [3.05, 3.63) is 0 Å². The molecule has 0 aromatic carbocycles. The molecular weight excluding hydrogens is 232 g/mol. The third-order valence-electron chi connectivity index (χ3n) is 5.61. The highest BCUT2D eigenvalue weighted by molar-refractivity contribution is 4.89. The SMILES string of the molecule is CC1CC(NC2CCCC2)CN(C2CCCCC2)C1. The highest BCUT2D eigenvalue weighted by Crippen LogP contribution is 2.28. The summed E-state index contributed by atoms with van der Waals surface area (Å²) < 4.78 is 0. The predicted octanol–water partition coefficient (Wildman–Crippen LogP) is 3.56. The second kappa shape index (κ2) is 6.58. The molecule has 0 amide bonds. The largest absolute Gasteiger partial charge is 0.310 e. The van der Waals surface area contributed by atoms with E-state index in [0.717, 1.165) is 24.0 Å². The highest BCUT2D eigenvalue weighted by Gasteiger charge is 2.31. The Labute approximate surface area is 119 Å². The Kier molecular flexibility index (Phi) is 4.81. The van der Waals surface area contributed by atoms with Crippen LogP contribution in [0.4, 0.5) is 0 Å². The minimum Gasteiger partial charge on any atom is -0.310 e. The van der Waals surface area contributed by atoms with E-state index in [2.05, 4.69) is 17.1 Å². The Hall–Kier alpha value is -0.0800. The minimum atomic E-state index is 0.772. The molecule has 0 aromatic heterocycles. The smallest absolute Gasteiger partial charge is 0.0200 e. The van der Waals surface area contributed by atoms with Gasteiger partial charge in [0.1, 0.15) is 0 Å². The fourth-order valence-electron chi connectivity index (χ4n) is 4.68. The molecule has 0 radical (unpaired) electrons. The normalized spacial score (nSPS) is 35.8. The molecule has 3 rings (SSSR count). The first kappa shape index (κ1) is 13.9. The van der Waals surface area contributed by atoms with Gasteiger partial charge in [0.05, 0.1) is 0 Å². The number of nitrogens with one attached hydrogen (secondary N) is 1. The summed E-state index contributed by atoms with van der Waals surface area (Å²) in [5, 5.41) is 3.98. The van der Waals surface area contributed by atoms with Crippen molar-refractivity contribution in [2.75, 3.05) is 13.1 Å². The van der Waals surface area contributed by atoms with Crippen molar-refractivity contribution in [1.82, 2.24) is 10.2 Å². The van der Waals surface area contributed by atoms with Gasteiger partial charge in [-0.25, -0.2) is 0 Å². The van der Waals surface area contributed by atoms with Gasteiger partial charge in [0.2, 0.25) is 0 Å². The van der Waals surface area contributed by atoms with Gasteiger partial charge in [0, 0.05) is 31.2 Å². The van der Waals surface area contributed by atoms with Crippen LogP contribution in [0.15, 0.2) is 0 Å². The molecule has 1 N–H and O–H groups in total. The monoisotopic (exact) mass is 264 g/mol. The van der Waals surface area contributed by atoms with Crippen LogP contribution in [-0.2, 0) is 0 Å². The number of nitrogens with zero attached hydrogens (tertiary/aromatic N) is 1. The molecular formula is C17H32N2. The zero-order valence-electron chi connectivity index (χ0n) is 12.7. The van der Waals surface area contributed by atoms with E-state index in [1.165, 1.54) is 77.3 Å². The summed E-state index contributed by atoms with van der Waals surface area (Å²) in [7, 11) is 0. The average molecular weight is 264 g/mol. The van der Waals surface area contributed by atoms with Crippen molar-refractivity contribution in [2.24, 2.45) is 5.92 Å². The molecule has 2 unspecified atom stereocenters. The van der Waals surface area contributed by atoms with Crippen molar-refractivity contribution in [3.8, 4) is 0 Å². The van der Waals surface area contributed by atoms with Crippen LogP contribution in [0.2, 0.25) is 0 Å². The molecule has 2 saturated carbocycles. The van der Waals surface area contributed by atoms with Crippen LogP contribution in [-0.4, -0.2) is 36.1 Å². The van der Waals surface area contributed by atoms with E-state index in [4.69, 9.17) is 0 Å². The van der Waals surface area contributed by atoms with Crippen molar-refractivity contribution < 1.29 is 0 Å². The van der Waals surface area contributed by atoms with Gasteiger partial charge < -0.3 is 5.32 Å². The fraction of sp³-hybridized carbons (Fsp3) is 1.00. The lowest BCUT2D eigenvalue weighted by Crippen LogP contribution is -2.54. The predicted molar refractivity (Wildman–Crippen MR) is 81.4 cm³/mol. The van der Waals surface area contributed by atoms with Gasteiger partial charge in [0.15, 0.2) is 0 Å². The van der Waals surface area contributed by atoms with Crippen molar-refractivity contribution in [1.29, 1.82) is 0 Å². The standard InChI is InChI=1S/C17H32N2/c1-14-11-16(18-15-7-5-6-8-15)13-19(12-14)17-9-3-2-4-10-17/h14-18H,2-13H2,1H3.